The molecule has 0 saturated heterocycles. The molecule has 104 valence electrons. The molecule has 0 heterocycles. The Kier molecular flexibility index (Phi) is 5.51. The number of benzene rings is 1. The number of hydrogen-bond acceptors (Lipinski definition) is 3. The van der Waals surface area contributed by atoms with Crippen LogP contribution in [0.3, 0.4) is 0 Å². The smallest absolute Gasteiger partial charge is 0.318 e. The zero-order valence-electron chi connectivity index (χ0n) is 11.6. The zero-order chi connectivity index (χ0) is 14.4. The van der Waals surface area contributed by atoms with Crippen molar-refractivity contribution in [2.24, 2.45) is 5.73 Å². The Bertz CT molecular complexity index is 443. The van der Waals surface area contributed by atoms with Crippen molar-refractivity contribution in [3.63, 3.8) is 0 Å². The van der Waals surface area contributed by atoms with Crippen molar-refractivity contribution in [2.45, 2.75) is 39.3 Å². The first-order chi connectivity index (χ1) is 8.93. The van der Waals surface area contributed by atoms with E-state index in [0.717, 1.165) is 12.0 Å². The van der Waals surface area contributed by atoms with Crippen molar-refractivity contribution in [1.82, 2.24) is 10.6 Å². The molecule has 0 radical (unpaired) electrons. The minimum Gasteiger partial charge on any atom is -0.351 e. The molecular formula is C14H21N3O2. The van der Waals surface area contributed by atoms with Crippen molar-refractivity contribution in [2.75, 3.05) is 0 Å². The lowest BCUT2D eigenvalue weighted by atomic mass is 10.0. The van der Waals surface area contributed by atoms with Gasteiger partial charge in [-0.1, -0.05) is 36.8 Å². The molecule has 0 aliphatic rings. The third-order valence-electron chi connectivity index (χ3n) is 2.98. The number of urea groups is 1. The van der Waals surface area contributed by atoms with Crippen molar-refractivity contribution < 1.29 is 9.59 Å². The molecule has 1 rings (SSSR count). The Labute approximate surface area is 113 Å². The highest BCUT2D eigenvalue weighted by molar-refractivity contribution is 5.96. The Balaban J connectivity index is 2.68. The van der Waals surface area contributed by atoms with Gasteiger partial charge in [-0.25, -0.2) is 4.79 Å². The number of primary amides is 1. The van der Waals surface area contributed by atoms with E-state index in [1.807, 2.05) is 38.1 Å². The average molecular weight is 263 g/mol. The second-order valence-corrected chi connectivity index (χ2v) is 4.61. The van der Waals surface area contributed by atoms with Crippen LogP contribution in [0, 0.1) is 6.92 Å². The minimum absolute atomic E-state index is 0.0641. The van der Waals surface area contributed by atoms with E-state index in [1.54, 1.807) is 6.92 Å². The summed E-state index contributed by atoms with van der Waals surface area (Å²) in [5, 5.41) is 5.26. The highest BCUT2D eigenvalue weighted by Gasteiger charge is 2.18. The van der Waals surface area contributed by atoms with Gasteiger partial charge in [0.05, 0.1) is 6.04 Å². The van der Waals surface area contributed by atoms with Crippen molar-refractivity contribution in [1.29, 1.82) is 0 Å². The third-order valence-corrected chi connectivity index (χ3v) is 2.98. The number of carbonyl (C=O) groups is 2. The Morgan fingerprint density at radius 3 is 2.32 bits per heavy atom. The topological polar surface area (TPSA) is 84.2 Å². The number of rotatable bonds is 5. The quantitative estimate of drug-likeness (QED) is 0.754. The van der Waals surface area contributed by atoms with E-state index in [4.69, 9.17) is 5.73 Å². The number of nitrogens with two attached hydrogens (primary N) is 1. The van der Waals surface area contributed by atoms with Crippen molar-refractivity contribution in [3.8, 4) is 0 Å². The van der Waals surface area contributed by atoms with Gasteiger partial charge in [0.1, 0.15) is 0 Å². The second-order valence-electron chi connectivity index (χ2n) is 4.61. The summed E-state index contributed by atoms with van der Waals surface area (Å²) >= 11 is 0. The minimum atomic E-state index is -0.831. The molecule has 0 bridgehead atoms. The van der Waals surface area contributed by atoms with Gasteiger partial charge in [-0.3, -0.25) is 15.4 Å². The number of aryl methyl sites for hydroxylation is 1. The number of imide groups is 1. The Hall–Kier alpha value is -1.88. The fourth-order valence-corrected chi connectivity index (χ4v) is 1.86. The van der Waals surface area contributed by atoms with E-state index in [2.05, 4.69) is 10.6 Å². The third kappa shape index (κ3) is 4.71. The number of amides is 3. The molecule has 0 spiro atoms. The Morgan fingerprint density at radius 1 is 1.26 bits per heavy atom. The molecule has 1 aromatic rings. The molecule has 1 aromatic carbocycles. The number of hydrogen-bond donors (Lipinski definition) is 3. The maximum atomic E-state index is 11.6. The van der Waals surface area contributed by atoms with Crippen LogP contribution in [0.4, 0.5) is 4.79 Å². The average Bonchev–Trinajstić information content (AvgIpc) is 2.36. The van der Waals surface area contributed by atoms with Gasteiger partial charge >= 0.3 is 6.03 Å². The van der Waals surface area contributed by atoms with Crippen LogP contribution in [0.2, 0.25) is 0 Å². The van der Waals surface area contributed by atoms with Crippen molar-refractivity contribution >= 4 is 11.9 Å². The fraction of sp³-hybridized carbons (Fsp3) is 0.429. The molecule has 3 amide bonds. The van der Waals surface area contributed by atoms with Gasteiger partial charge in [-0.15, -0.1) is 0 Å². The first kappa shape index (κ1) is 15.2. The van der Waals surface area contributed by atoms with Crippen LogP contribution < -0.4 is 16.4 Å². The molecule has 0 aromatic heterocycles. The molecule has 0 fully saturated rings. The largest absolute Gasteiger partial charge is 0.351 e. The van der Waals surface area contributed by atoms with E-state index in [0.29, 0.717) is 0 Å². The molecule has 5 nitrogen and oxygen atoms in total. The summed E-state index contributed by atoms with van der Waals surface area (Å²) in [7, 11) is 0. The maximum absolute atomic E-state index is 11.6. The summed E-state index contributed by atoms with van der Waals surface area (Å²) in [4.78, 5) is 22.3. The van der Waals surface area contributed by atoms with E-state index < -0.39 is 18.0 Å². The standard InChI is InChI=1S/C14H21N3O2/c1-4-12(11-7-5-9(2)6-8-11)16-10(3)13(18)17-14(15)19/h5-8,10,12,16H,4H2,1-3H3,(H3,15,17,18,19)/t10-,12-/m1/s1. The van der Waals surface area contributed by atoms with Gasteiger partial charge < -0.3 is 5.73 Å². The zero-order valence-corrected chi connectivity index (χ0v) is 11.6. The monoisotopic (exact) mass is 263 g/mol. The van der Waals surface area contributed by atoms with Crippen LogP contribution >= 0.6 is 0 Å². The molecular weight excluding hydrogens is 242 g/mol. The number of carbonyl (C=O) groups excluding carboxylic acids is 2. The molecule has 4 N–H and O–H groups in total. The van der Waals surface area contributed by atoms with Gasteiger partial charge in [-0.05, 0) is 25.8 Å². The summed E-state index contributed by atoms with van der Waals surface area (Å²) in [6.07, 6.45) is 0.844. The van der Waals surface area contributed by atoms with Crippen LogP contribution in [0.5, 0.6) is 0 Å². The van der Waals surface area contributed by atoms with Crippen molar-refractivity contribution in [3.05, 3.63) is 35.4 Å². The molecule has 19 heavy (non-hydrogen) atoms. The molecule has 0 aliphatic heterocycles. The molecule has 0 aliphatic carbocycles. The van der Waals surface area contributed by atoms with Gasteiger partial charge in [0.15, 0.2) is 0 Å². The SMILES string of the molecule is CC[C@@H](N[C@H](C)C(=O)NC(N)=O)c1ccc(C)cc1. The lowest BCUT2D eigenvalue weighted by Crippen LogP contribution is -2.47. The summed E-state index contributed by atoms with van der Waals surface area (Å²) < 4.78 is 0. The predicted molar refractivity (Wildman–Crippen MR) is 74.5 cm³/mol. The first-order valence-corrected chi connectivity index (χ1v) is 6.37. The summed E-state index contributed by atoms with van der Waals surface area (Å²) in [5.74, 6) is -0.418. The van der Waals surface area contributed by atoms with Crippen LogP contribution in [0.15, 0.2) is 24.3 Å². The molecule has 0 saturated carbocycles. The summed E-state index contributed by atoms with van der Waals surface area (Å²) in [6.45, 7) is 5.77. The van der Waals surface area contributed by atoms with Gasteiger partial charge in [0.25, 0.3) is 0 Å². The normalized spacial score (nSPS) is 13.6. The summed E-state index contributed by atoms with van der Waals surface area (Å²) in [5.41, 5.74) is 7.23. The highest BCUT2D eigenvalue weighted by Crippen LogP contribution is 2.17. The van der Waals surface area contributed by atoms with E-state index in [-0.39, 0.29) is 6.04 Å². The van der Waals surface area contributed by atoms with E-state index in [1.165, 1.54) is 5.56 Å². The predicted octanol–water partition coefficient (Wildman–Crippen LogP) is 1.62. The summed E-state index contributed by atoms with van der Waals surface area (Å²) in [6, 6.07) is 6.89. The molecule has 5 heteroatoms. The van der Waals surface area contributed by atoms with E-state index >= 15 is 0 Å². The fourth-order valence-electron chi connectivity index (χ4n) is 1.86. The van der Waals surface area contributed by atoms with Gasteiger partial charge in [0, 0.05) is 6.04 Å². The lowest BCUT2D eigenvalue weighted by molar-refractivity contribution is -0.121. The van der Waals surface area contributed by atoms with Gasteiger partial charge in [0.2, 0.25) is 5.91 Å². The molecule has 2 atom stereocenters. The number of nitrogens with one attached hydrogen (secondary N) is 2. The van der Waals surface area contributed by atoms with Gasteiger partial charge in [-0.2, -0.15) is 0 Å². The van der Waals surface area contributed by atoms with E-state index in [9.17, 15) is 9.59 Å². The Morgan fingerprint density at radius 2 is 1.84 bits per heavy atom. The lowest BCUT2D eigenvalue weighted by Gasteiger charge is -2.22. The van der Waals surface area contributed by atoms with Crippen LogP contribution in [0.25, 0.3) is 0 Å². The first-order valence-electron chi connectivity index (χ1n) is 6.37. The van der Waals surface area contributed by atoms with Crippen LogP contribution in [-0.2, 0) is 4.79 Å². The van der Waals surface area contributed by atoms with Crippen LogP contribution in [0.1, 0.15) is 37.4 Å². The van der Waals surface area contributed by atoms with Crippen LogP contribution in [-0.4, -0.2) is 18.0 Å². The highest BCUT2D eigenvalue weighted by atomic mass is 16.2. The maximum Gasteiger partial charge on any atom is 0.318 e. The molecule has 0 unspecified atom stereocenters. The second kappa shape index (κ2) is 6.89.